The number of nitrogens with one attached hydrogen (secondary N) is 1. The van der Waals surface area contributed by atoms with Crippen LogP contribution in [0.3, 0.4) is 0 Å². The van der Waals surface area contributed by atoms with Crippen molar-refractivity contribution in [3.63, 3.8) is 0 Å². The normalized spacial score (nSPS) is 28.6. The Bertz CT molecular complexity index is 1140. The number of amides is 2. The average Bonchev–Trinajstić information content (AvgIpc) is 3.66. The number of hydrogen-bond acceptors (Lipinski definition) is 4. The van der Waals surface area contributed by atoms with Gasteiger partial charge in [0.25, 0.3) is 0 Å². The Morgan fingerprint density at radius 3 is 2.11 bits per heavy atom. The third-order valence-electron chi connectivity index (χ3n) is 10.2. The number of rotatable bonds is 5. The fourth-order valence-corrected chi connectivity index (χ4v) is 8.07. The van der Waals surface area contributed by atoms with Crippen molar-refractivity contribution in [3.8, 4) is 0 Å². The maximum Gasteiger partial charge on any atom is 0.240 e. The molecule has 3 heterocycles. The summed E-state index contributed by atoms with van der Waals surface area (Å²) in [5.74, 6) is 0.123. The SMILES string of the molecule is NC(C(=O)N1CC(c2c[nH]c3cc(F)ccc23)C2C1CCN2C(=O)C(N)C1CCCCC1)C1CCCCC1. The fourth-order valence-electron chi connectivity index (χ4n) is 8.07. The maximum atomic E-state index is 14.0. The lowest BCUT2D eigenvalue weighted by molar-refractivity contribution is -0.137. The van der Waals surface area contributed by atoms with Crippen LogP contribution in [0.1, 0.15) is 82.1 Å². The number of fused-ring (bicyclic) bond motifs is 2. The summed E-state index contributed by atoms with van der Waals surface area (Å²) in [6, 6.07) is 3.56. The van der Waals surface area contributed by atoms with Crippen LogP contribution in [0.25, 0.3) is 10.9 Å². The van der Waals surface area contributed by atoms with Gasteiger partial charge in [0.2, 0.25) is 11.8 Å². The highest BCUT2D eigenvalue weighted by Crippen LogP contribution is 2.44. The van der Waals surface area contributed by atoms with Crippen LogP contribution in [0.4, 0.5) is 4.39 Å². The molecule has 0 bridgehead atoms. The quantitative estimate of drug-likeness (QED) is 0.550. The molecule has 206 valence electrons. The Hall–Kier alpha value is -2.45. The first-order chi connectivity index (χ1) is 18.4. The molecule has 2 amide bonds. The first kappa shape index (κ1) is 25.8. The van der Waals surface area contributed by atoms with Gasteiger partial charge in [-0.25, -0.2) is 4.39 Å². The first-order valence-corrected chi connectivity index (χ1v) is 14.8. The molecule has 8 heteroatoms. The molecule has 4 fully saturated rings. The summed E-state index contributed by atoms with van der Waals surface area (Å²) in [4.78, 5) is 35.0. The number of aromatic amines is 1. The van der Waals surface area contributed by atoms with Crippen LogP contribution in [-0.2, 0) is 9.59 Å². The molecule has 6 rings (SSSR count). The Morgan fingerprint density at radius 2 is 1.47 bits per heavy atom. The monoisotopic (exact) mass is 523 g/mol. The van der Waals surface area contributed by atoms with Crippen molar-refractivity contribution in [1.29, 1.82) is 0 Å². The maximum absolute atomic E-state index is 14.0. The lowest BCUT2D eigenvalue weighted by Gasteiger charge is -2.34. The summed E-state index contributed by atoms with van der Waals surface area (Å²) in [6.07, 6.45) is 13.7. The van der Waals surface area contributed by atoms with Crippen molar-refractivity contribution in [1.82, 2.24) is 14.8 Å². The van der Waals surface area contributed by atoms with E-state index in [0.29, 0.717) is 13.1 Å². The number of carbonyl (C=O) groups excluding carboxylic acids is 2. The number of nitrogens with two attached hydrogens (primary N) is 2. The lowest BCUT2D eigenvalue weighted by Crippen LogP contribution is -2.53. The average molecular weight is 524 g/mol. The minimum atomic E-state index is -0.499. The third-order valence-corrected chi connectivity index (χ3v) is 10.2. The molecular formula is C30H42FN5O2. The van der Waals surface area contributed by atoms with Gasteiger partial charge < -0.3 is 26.3 Å². The molecule has 1 aromatic carbocycles. The van der Waals surface area contributed by atoms with Crippen LogP contribution in [0.5, 0.6) is 0 Å². The molecule has 5 unspecified atom stereocenters. The number of aromatic nitrogens is 1. The Morgan fingerprint density at radius 1 is 0.868 bits per heavy atom. The van der Waals surface area contributed by atoms with Gasteiger partial charge in [-0.3, -0.25) is 9.59 Å². The van der Waals surface area contributed by atoms with E-state index in [4.69, 9.17) is 11.5 Å². The molecule has 0 radical (unpaired) electrons. The summed E-state index contributed by atoms with van der Waals surface area (Å²) < 4.78 is 14.0. The van der Waals surface area contributed by atoms with Crippen LogP contribution in [-0.4, -0.2) is 63.9 Å². The number of likely N-dealkylation sites (tertiary alicyclic amines) is 2. The van der Waals surface area contributed by atoms with E-state index in [0.717, 1.165) is 74.3 Å². The second-order valence-corrected chi connectivity index (χ2v) is 12.3. The van der Waals surface area contributed by atoms with Crippen LogP contribution in [0.2, 0.25) is 0 Å². The molecule has 2 saturated heterocycles. The van der Waals surface area contributed by atoms with E-state index in [1.165, 1.54) is 25.0 Å². The zero-order valence-corrected chi connectivity index (χ0v) is 22.3. The Labute approximate surface area is 224 Å². The first-order valence-electron chi connectivity index (χ1n) is 14.8. The minimum Gasteiger partial charge on any atom is -0.361 e. The van der Waals surface area contributed by atoms with Crippen molar-refractivity contribution >= 4 is 22.7 Å². The fraction of sp³-hybridized carbons (Fsp3) is 0.667. The molecule has 5 N–H and O–H groups in total. The summed E-state index contributed by atoms with van der Waals surface area (Å²) in [7, 11) is 0. The van der Waals surface area contributed by atoms with Gasteiger partial charge >= 0.3 is 0 Å². The van der Waals surface area contributed by atoms with Gasteiger partial charge in [-0.15, -0.1) is 0 Å². The molecular weight excluding hydrogens is 481 g/mol. The van der Waals surface area contributed by atoms with E-state index in [1.807, 2.05) is 16.0 Å². The molecule has 0 spiro atoms. The van der Waals surface area contributed by atoms with Gasteiger partial charge in [-0.1, -0.05) is 38.5 Å². The number of nitrogens with zero attached hydrogens (tertiary/aromatic N) is 2. The molecule has 5 atom stereocenters. The molecule has 2 aliphatic heterocycles. The van der Waals surface area contributed by atoms with E-state index in [9.17, 15) is 14.0 Å². The van der Waals surface area contributed by atoms with Gasteiger partial charge in [0, 0.05) is 36.1 Å². The van der Waals surface area contributed by atoms with Crippen molar-refractivity contribution < 1.29 is 14.0 Å². The molecule has 2 aliphatic carbocycles. The highest BCUT2D eigenvalue weighted by molar-refractivity contribution is 5.87. The van der Waals surface area contributed by atoms with E-state index in [1.54, 1.807) is 6.07 Å². The second-order valence-electron chi connectivity index (χ2n) is 12.3. The molecule has 1 aromatic heterocycles. The standard InChI is InChI=1S/C30H42FN5O2/c31-20-11-12-21-22(16-34-24(21)15-20)23-17-36(30(38)27(33)19-9-5-2-6-10-19)25-13-14-35(28(23)25)29(37)26(32)18-7-3-1-4-8-18/h11-12,15-16,18-19,23,25-28,34H,1-10,13-14,17,32-33H2. The summed E-state index contributed by atoms with van der Waals surface area (Å²) >= 11 is 0. The van der Waals surface area contributed by atoms with Gasteiger partial charge in [0.05, 0.1) is 24.2 Å². The van der Waals surface area contributed by atoms with Crippen molar-refractivity contribution in [2.75, 3.05) is 13.1 Å². The van der Waals surface area contributed by atoms with Crippen LogP contribution in [0, 0.1) is 17.7 Å². The molecule has 4 aliphatic rings. The molecule has 7 nitrogen and oxygen atoms in total. The van der Waals surface area contributed by atoms with E-state index >= 15 is 0 Å². The topological polar surface area (TPSA) is 108 Å². The zero-order chi connectivity index (χ0) is 26.4. The van der Waals surface area contributed by atoms with E-state index in [-0.39, 0.29) is 47.5 Å². The van der Waals surface area contributed by atoms with Crippen LogP contribution in [0.15, 0.2) is 24.4 Å². The second kappa shape index (κ2) is 10.6. The smallest absolute Gasteiger partial charge is 0.240 e. The third kappa shape index (κ3) is 4.53. The summed E-state index contributed by atoms with van der Waals surface area (Å²) in [5.41, 5.74) is 15.0. The number of H-pyrrole nitrogens is 1. The van der Waals surface area contributed by atoms with Gasteiger partial charge in [-0.2, -0.15) is 0 Å². The largest absolute Gasteiger partial charge is 0.361 e. The highest BCUT2D eigenvalue weighted by atomic mass is 19.1. The number of hydrogen-bond donors (Lipinski definition) is 3. The lowest BCUT2D eigenvalue weighted by atomic mass is 9.83. The molecule has 38 heavy (non-hydrogen) atoms. The van der Waals surface area contributed by atoms with Crippen LogP contribution >= 0.6 is 0 Å². The van der Waals surface area contributed by atoms with Crippen molar-refractivity contribution in [2.45, 2.75) is 101 Å². The van der Waals surface area contributed by atoms with Crippen molar-refractivity contribution in [2.24, 2.45) is 23.3 Å². The highest BCUT2D eigenvalue weighted by Gasteiger charge is 2.54. The van der Waals surface area contributed by atoms with E-state index < -0.39 is 12.1 Å². The summed E-state index contributed by atoms with van der Waals surface area (Å²) in [5, 5.41) is 0.942. The van der Waals surface area contributed by atoms with Crippen LogP contribution < -0.4 is 11.5 Å². The minimum absolute atomic E-state index is 0.0196. The zero-order valence-electron chi connectivity index (χ0n) is 22.3. The predicted molar refractivity (Wildman–Crippen MR) is 146 cm³/mol. The number of benzene rings is 1. The Balaban J connectivity index is 1.31. The molecule has 2 aromatic rings. The molecule has 2 saturated carbocycles. The Kier molecular flexibility index (Phi) is 7.20. The number of carbonyl (C=O) groups is 2. The number of halogens is 1. The van der Waals surface area contributed by atoms with E-state index in [2.05, 4.69) is 4.98 Å². The van der Waals surface area contributed by atoms with Gasteiger partial charge in [0.15, 0.2) is 0 Å². The van der Waals surface area contributed by atoms with Crippen molar-refractivity contribution in [3.05, 3.63) is 35.8 Å². The predicted octanol–water partition coefficient (Wildman–Crippen LogP) is 4.02. The van der Waals surface area contributed by atoms with Gasteiger partial charge in [0.1, 0.15) is 5.82 Å². The summed E-state index contributed by atoms with van der Waals surface area (Å²) in [6.45, 7) is 1.12. The van der Waals surface area contributed by atoms with Gasteiger partial charge in [-0.05, 0) is 67.7 Å².